The predicted octanol–water partition coefficient (Wildman–Crippen LogP) is 2.90. The van der Waals surface area contributed by atoms with Crippen LogP contribution < -0.4 is 0 Å². The van der Waals surface area contributed by atoms with Crippen molar-refractivity contribution >= 4 is 12.0 Å². The number of nitrogens with zero attached hydrogens (tertiary/aromatic N) is 2. The molecular formula is C18H30N2O4. The van der Waals surface area contributed by atoms with Crippen molar-refractivity contribution in [3.8, 4) is 0 Å². The molecule has 2 amide bonds. The first-order chi connectivity index (χ1) is 11.0. The minimum atomic E-state index is -0.861. The maximum atomic E-state index is 13.2. The van der Waals surface area contributed by atoms with Gasteiger partial charge in [-0.05, 0) is 67.2 Å². The molecule has 2 unspecified atom stereocenters. The Bertz CT molecular complexity index is 542. The Hall–Kier alpha value is -1.30. The SMILES string of the molecule is CC1OC(C)(C)N(C(=O)OC(C)(C)C)C1C(=O)N1CCC12CCC2. The summed E-state index contributed by atoms with van der Waals surface area (Å²) in [7, 11) is 0. The number of hydrogen-bond donors (Lipinski definition) is 0. The van der Waals surface area contributed by atoms with E-state index >= 15 is 0 Å². The Kier molecular flexibility index (Phi) is 3.90. The molecule has 0 aromatic carbocycles. The normalized spacial score (nSPS) is 30.8. The lowest BCUT2D eigenvalue weighted by Crippen LogP contribution is -2.69. The maximum Gasteiger partial charge on any atom is 0.413 e. The Morgan fingerprint density at radius 1 is 1.17 bits per heavy atom. The van der Waals surface area contributed by atoms with Crippen LogP contribution in [0.25, 0.3) is 0 Å². The van der Waals surface area contributed by atoms with Crippen LogP contribution in [-0.2, 0) is 14.3 Å². The topological polar surface area (TPSA) is 59.1 Å². The van der Waals surface area contributed by atoms with E-state index in [0.29, 0.717) is 0 Å². The highest BCUT2D eigenvalue weighted by Crippen LogP contribution is 2.48. The van der Waals surface area contributed by atoms with Crippen molar-refractivity contribution in [2.24, 2.45) is 0 Å². The van der Waals surface area contributed by atoms with Gasteiger partial charge >= 0.3 is 6.09 Å². The summed E-state index contributed by atoms with van der Waals surface area (Å²) in [6.45, 7) is 11.8. The molecule has 1 aliphatic carbocycles. The van der Waals surface area contributed by atoms with Crippen LogP contribution in [-0.4, -0.2) is 57.4 Å². The van der Waals surface area contributed by atoms with Crippen molar-refractivity contribution < 1.29 is 19.1 Å². The average Bonchev–Trinajstić information content (AvgIpc) is 2.52. The molecule has 2 saturated heterocycles. The molecule has 0 aromatic rings. The molecule has 1 spiro atoms. The van der Waals surface area contributed by atoms with Crippen LogP contribution in [0.5, 0.6) is 0 Å². The zero-order chi connectivity index (χ0) is 17.9. The number of amides is 2. The molecule has 0 radical (unpaired) electrons. The van der Waals surface area contributed by atoms with Crippen LogP contribution in [0.2, 0.25) is 0 Å². The van der Waals surface area contributed by atoms with Gasteiger partial charge in [0, 0.05) is 12.1 Å². The summed E-state index contributed by atoms with van der Waals surface area (Å²) in [6, 6.07) is -0.618. The molecule has 6 nitrogen and oxygen atoms in total. The first kappa shape index (κ1) is 17.5. The quantitative estimate of drug-likeness (QED) is 0.738. The molecule has 0 aromatic heterocycles. The van der Waals surface area contributed by atoms with Gasteiger partial charge in [-0.15, -0.1) is 0 Å². The summed E-state index contributed by atoms with van der Waals surface area (Å²) in [4.78, 5) is 29.4. The monoisotopic (exact) mass is 338 g/mol. The second kappa shape index (κ2) is 5.35. The lowest BCUT2D eigenvalue weighted by molar-refractivity contribution is -0.161. The lowest BCUT2D eigenvalue weighted by atomic mass is 9.67. The number of ether oxygens (including phenoxy) is 2. The van der Waals surface area contributed by atoms with E-state index in [4.69, 9.17) is 9.47 Å². The summed E-state index contributed by atoms with van der Waals surface area (Å²) in [5, 5.41) is 0. The summed E-state index contributed by atoms with van der Waals surface area (Å²) < 4.78 is 11.5. The van der Waals surface area contributed by atoms with E-state index in [1.54, 1.807) is 0 Å². The fraction of sp³-hybridized carbons (Fsp3) is 0.889. The standard InChI is InChI=1S/C18H30N2O4/c1-12-13(14(21)19-11-10-18(19)8-7-9-18)20(17(5,6)23-12)15(22)24-16(2,3)4/h12-13H,7-11H2,1-6H3. The second-order valence-electron chi connectivity index (χ2n) is 8.88. The van der Waals surface area contributed by atoms with Crippen LogP contribution in [0.4, 0.5) is 4.79 Å². The smallest absolute Gasteiger partial charge is 0.413 e. The van der Waals surface area contributed by atoms with Crippen LogP contribution >= 0.6 is 0 Å². The molecule has 1 saturated carbocycles. The van der Waals surface area contributed by atoms with E-state index in [-0.39, 0.29) is 17.6 Å². The Morgan fingerprint density at radius 2 is 1.79 bits per heavy atom. The highest BCUT2D eigenvalue weighted by atomic mass is 16.6. The molecule has 2 atom stereocenters. The van der Waals surface area contributed by atoms with Crippen LogP contribution in [0.15, 0.2) is 0 Å². The molecule has 136 valence electrons. The molecule has 24 heavy (non-hydrogen) atoms. The molecule has 0 N–H and O–H groups in total. The molecule has 3 aliphatic rings. The minimum absolute atomic E-state index is 0.00452. The molecule has 0 bridgehead atoms. The molecule has 3 fully saturated rings. The van der Waals surface area contributed by atoms with E-state index in [0.717, 1.165) is 25.8 Å². The molecule has 3 rings (SSSR count). The number of likely N-dealkylation sites (tertiary alicyclic amines) is 1. The van der Waals surface area contributed by atoms with Gasteiger partial charge in [0.05, 0.1) is 6.10 Å². The van der Waals surface area contributed by atoms with Gasteiger partial charge in [0.15, 0.2) is 0 Å². The van der Waals surface area contributed by atoms with Gasteiger partial charge in [-0.1, -0.05) is 0 Å². The maximum absolute atomic E-state index is 13.2. The average molecular weight is 338 g/mol. The van der Waals surface area contributed by atoms with Crippen molar-refractivity contribution in [3.05, 3.63) is 0 Å². The molecule has 6 heteroatoms. The van der Waals surface area contributed by atoms with Gasteiger partial charge in [-0.3, -0.25) is 9.69 Å². The molecular weight excluding hydrogens is 308 g/mol. The zero-order valence-electron chi connectivity index (χ0n) is 15.7. The molecule has 2 aliphatic heterocycles. The number of hydrogen-bond acceptors (Lipinski definition) is 4. The van der Waals surface area contributed by atoms with Crippen LogP contribution in [0, 0.1) is 0 Å². The van der Waals surface area contributed by atoms with E-state index in [2.05, 4.69) is 0 Å². The summed E-state index contributed by atoms with van der Waals surface area (Å²) in [5.74, 6) is 0.00452. The van der Waals surface area contributed by atoms with Crippen LogP contribution in [0.1, 0.15) is 67.2 Å². The van der Waals surface area contributed by atoms with Crippen molar-refractivity contribution in [2.75, 3.05) is 6.54 Å². The third-order valence-corrected chi connectivity index (χ3v) is 5.54. The number of rotatable bonds is 1. The van der Waals surface area contributed by atoms with Gasteiger partial charge in [0.2, 0.25) is 5.91 Å². The summed E-state index contributed by atoms with van der Waals surface area (Å²) in [5.41, 5.74) is -1.42. The summed E-state index contributed by atoms with van der Waals surface area (Å²) in [6.07, 6.45) is 3.59. The van der Waals surface area contributed by atoms with E-state index in [1.807, 2.05) is 46.4 Å². The Labute approximate surface area is 144 Å². The van der Waals surface area contributed by atoms with E-state index < -0.39 is 23.5 Å². The Balaban J connectivity index is 1.83. The van der Waals surface area contributed by atoms with Gasteiger partial charge in [0.1, 0.15) is 17.4 Å². The van der Waals surface area contributed by atoms with Crippen molar-refractivity contribution in [1.82, 2.24) is 9.80 Å². The zero-order valence-corrected chi connectivity index (χ0v) is 15.7. The van der Waals surface area contributed by atoms with Gasteiger partial charge in [-0.2, -0.15) is 0 Å². The van der Waals surface area contributed by atoms with Crippen molar-refractivity contribution in [2.45, 2.75) is 96.2 Å². The minimum Gasteiger partial charge on any atom is -0.444 e. The van der Waals surface area contributed by atoms with Crippen LogP contribution in [0.3, 0.4) is 0 Å². The third kappa shape index (κ3) is 2.68. The highest BCUT2D eigenvalue weighted by Gasteiger charge is 2.58. The highest BCUT2D eigenvalue weighted by molar-refractivity contribution is 5.88. The lowest BCUT2D eigenvalue weighted by Gasteiger charge is -2.59. The predicted molar refractivity (Wildman–Crippen MR) is 89.4 cm³/mol. The van der Waals surface area contributed by atoms with Gasteiger partial charge in [0.25, 0.3) is 0 Å². The van der Waals surface area contributed by atoms with Gasteiger partial charge in [-0.25, -0.2) is 4.79 Å². The van der Waals surface area contributed by atoms with Crippen molar-refractivity contribution in [3.63, 3.8) is 0 Å². The van der Waals surface area contributed by atoms with Crippen molar-refractivity contribution in [1.29, 1.82) is 0 Å². The largest absolute Gasteiger partial charge is 0.444 e. The summed E-state index contributed by atoms with van der Waals surface area (Å²) >= 11 is 0. The van der Waals surface area contributed by atoms with E-state index in [9.17, 15) is 9.59 Å². The first-order valence-electron chi connectivity index (χ1n) is 8.99. The Morgan fingerprint density at radius 3 is 2.21 bits per heavy atom. The fourth-order valence-corrected chi connectivity index (χ4v) is 4.23. The number of carbonyl (C=O) groups is 2. The fourth-order valence-electron chi connectivity index (χ4n) is 4.23. The number of carbonyl (C=O) groups excluding carboxylic acids is 2. The van der Waals surface area contributed by atoms with Gasteiger partial charge < -0.3 is 14.4 Å². The first-order valence-corrected chi connectivity index (χ1v) is 8.99. The van der Waals surface area contributed by atoms with E-state index in [1.165, 1.54) is 11.3 Å². The second-order valence-corrected chi connectivity index (χ2v) is 8.88. The molecule has 2 heterocycles. The third-order valence-electron chi connectivity index (χ3n) is 5.54.